The van der Waals surface area contributed by atoms with Crippen molar-refractivity contribution in [1.82, 2.24) is 20.1 Å². The number of amides is 3. The van der Waals surface area contributed by atoms with Gasteiger partial charge in [-0.25, -0.2) is 4.79 Å². The van der Waals surface area contributed by atoms with E-state index in [2.05, 4.69) is 5.32 Å². The molecule has 1 aromatic rings. The number of urea groups is 1. The third-order valence-corrected chi connectivity index (χ3v) is 5.94. The Hall–Kier alpha value is -2.39. The van der Waals surface area contributed by atoms with Crippen LogP contribution in [0.15, 0.2) is 30.3 Å². The number of hydroxylamine groups is 2. The number of hydrogen-bond acceptors (Lipinski definition) is 5. The number of benzene rings is 1. The fourth-order valence-corrected chi connectivity index (χ4v) is 4.40. The summed E-state index contributed by atoms with van der Waals surface area (Å²) in [6.45, 7) is 2.44. The summed E-state index contributed by atoms with van der Waals surface area (Å²) in [5, 5.41) is 4.55. The lowest BCUT2D eigenvalue weighted by molar-refractivity contribution is -0.151. The van der Waals surface area contributed by atoms with Crippen molar-refractivity contribution in [2.75, 3.05) is 19.6 Å². The van der Waals surface area contributed by atoms with Crippen LogP contribution in [-0.4, -0.2) is 78.1 Å². The summed E-state index contributed by atoms with van der Waals surface area (Å²) in [4.78, 5) is 45.5. The minimum absolute atomic E-state index is 0.0772. The standard InChI is InChI=1S/C20H26BN4O4/c26-14-21-23-9-4-7-16(8-10-23)22-19(27)18-11-17-12-24(18)20(28)25(17)29-13-15-5-2-1-3-6-15/h1-3,5-6,14,16-18H,4,7-13H2,(H,22,27)/t16-,17+,18-/m0/s1. The van der Waals surface area contributed by atoms with Gasteiger partial charge in [0.25, 0.3) is 7.41 Å². The van der Waals surface area contributed by atoms with Crippen LogP contribution >= 0.6 is 0 Å². The van der Waals surface area contributed by atoms with E-state index >= 15 is 0 Å². The van der Waals surface area contributed by atoms with Crippen molar-refractivity contribution in [2.24, 2.45) is 0 Å². The van der Waals surface area contributed by atoms with Crippen molar-refractivity contribution >= 4 is 25.5 Å². The first kappa shape index (κ1) is 19.9. The smallest absolute Gasteiger partial charge is 0.345 e. The summed E-state index contributed by atoms with van der Waals surface area (Å²) < 4.78 is 0. The molecule has 1 aromatic carbocycles. The number of hydrogen-bond donors (Lipinski definition) is 1. The van der Waals surface area contributed by atoms with Gasteiger partial charge in [0.05, 0.1) is 12.2 Å². The second-order valence-corrected chi connectivity index (χ2v) is 7.88. The van der Waals surface area contributed by atoms with Gasteiger partial charge in [-0.05, 0) is 37.9 Å². The quantitative estimate of drug-likeness (QED) is 0.543. The molecule has 8 nitrogen and oxygen atoms in total. The predicted molar refractivity (Wildman–Crippen MR) is 107 cm³/mol. The molecule has 3 fully saturated rings. The second kappa shape index (κ2) is 8.96. The number of nitrogens with one attached hydrogen (secondary N) is 1. The Morgan fingerprint density at radius 3 is 2.83 bits per heavy atom. The predicted octanol–water partition coefficient (Wildman–Crippen LogP) is 0.777. The van der Waals surface area contributed by atoms with Crippen LogP contribution in [0.25, 0.3) is 0 Å². The molecule has 0 aliphatic carbocycles. The van der Waals surface area contributed by atoms with Crippen LogP contribution in [0.5, 0.6) is 0 Å². The summed E-state index contributed by atoms with van der Waals surface area (Å²) in [6.07, 6.45) is 3.99. The van der Waals surface area contributed by atoms with Gasteiger partial charge in [-0.15, -0.1) is 0 Å². The first-order chi connectivity index (χ1) is 14.2. The zero-order valence-corrected chi connectivity index (χ0v) is 16.4. The van der Waals surface area contributed by atoms with Crippen LogP contribution in [0, 0.1) is 0 Å². The maximum absolute atomic E-state index is 12.8. The van der Waals surface area contributed by atoms with Crippen LogP contribution in [0.2, 0.25) is 0 Å². The topological polar surface area (TPSA) is 82.2 Å². The van der Waals surface area contributed by atoms with E-state index in [0.29, 0.717) is 19.6 Å². The molecule has 4 rings (SSSR count). The highest BCUT2D eigenvalue weighted by molar-refractivity contribution is 6.64. The first-order valence-corrected chi connectivity index (χ1v) is 10.3. The highest BCUT2D eigenvalue weighted by Crippen LogP contribution is 2.32. The minimum Gasteiger partial charge on any atom is -0.352 e. The van der Waals surface area contributed by atoms with Crippen LogP contribution in [0.4, 0.5) is 4.79 Å². The van der Waals surface area contributed by atoms with Crippen molar-refractivity contribution in [3.8, 4) is 0 Å². The van der Waals surface area contributed by atoms with Crippen LogP contribution in [0.3, 0.4) is 0 Å². The van der Waals surface area contributed by atoms with E-state index < -0.39 is 6.04 Å². The Kier molecular flexibility index (Phi) is 6.15. The van der Waals surface area contributed by atoms with Crippen molar-refractivity contribution in [2.45, 2.75) is 50.4 Å². The summed E-state index contributed by atoms with van der Waals surface area (Å²) in [5.74, 6) is -0.0821. The van der Waals surface area contributed by atoms with Gasteiger partial charge in [0.1, 0.15) is 12.6 Å². The fraction of sp³-hybridized carbons (Fsp3) is 0.550. The number of carbonyl (C=O) groups is 3. The number of rotatable bonds is 7. The molecule has 3 atom stereocenters. The van der Waals surface area contributed by atoms with E-state index in [0.717, 1.165) is 44.1 Å². The van der Waals surface area contributed by atoms with Gasteiger partial charge < -0.3 is 19.8 Å². The Labute approximate surface area is 171 Å². The van der Waals surface area contributed by atoms with Gasteiger partial charge >= 0.3 is 6.03 Å². The number of fused-ring (bicyclic) bond motifs is 2. The SMILES string of the molecule is O=C[B]N1CCC[C@H](NC(=O)[C@@H]2C[C@@H]3CN2C(=O)N3OCc2ccccc2)CC1. The monoisotopic (exact) mass is 397 g/mol. The van der Waals surface area contributed by atoms with Crippen LogP contribution in [0.1, 0.15) is 31.2 Å². The lowest BCUT2D eigenvalue weighted by Gasteiger charge is -2.31. The molecule has 0 unspecified atom stereocenters. The molecule has 2 bridgehead atoms. The highest BCUT2D eigenvalue weighted by Gasteiger charge is 2.52. The summed E-state index contributed by atoms with van der Waals surface area (Å²) >= 11 is 0. The van der Waals surface area contributed by atoms with Crippen LogP contribution in [-0.2, 0) is 21.0 Å². The Morgan fingerprint density at radius 1 is 1.24 bits per heavy atom. The Bertz CT molecular complexity index is 749. The number of nitrogens with zero attached hydrogens (tertiary/aromatic N) is 3. The maximum Gasteiger partial charge on any atom is 0.345 e. The van der Waals surface area contributed by atoms with Crippen molar-refractivity contribution in [3.05, 3.63) is 35.9 Å². The lowest BCUT2D eigenvalue weighted by Crippen LogP contribution is -2.53. The summed E-state index contributed by atoms with van der Waals surface area (Å²) in [7, 11) is 1.56. The van der Waals surface area contributed by atoms with Crippen molar-refractivity contribution < 1.29 is 19.2 Å². The normalized spacial score (nSPS) is 27.0. The zero-order valence-electron chi connectivity index (χ0n) is 16.4. The molecule has 0 aromatic heterocycles. The molecule has 3 heterocycles. The number of carbonyl (C=O) groups excluding carboxylic acids is 3. The fourth-order valence-electron chi connectivity index (χ4n) is 4.40. The van der Waals surface area contributed by atoms with Gasteiger partial charge in [-0.3, -0.25) is 9.63 Å². The van der Waals surface area contributed by atoms with Gasteiger partial charge in [0.15, 0.2) is 0 Å². The summed E-state index contributed by atoms with van der Waals surface area (Å²) in [6, 6.07) is 9.05. The highest BCUT2D eigenvalue weighted by atomic mass is 16.7. The van der Waals surface area contributed by atoms with Gasteiger partial charge in [-0.2, -0.15) is 5.06 Å². The third-order valence-electron chi connectivity index (χ3n) is 5.94. The molecule has 153 valence electrons. The molecule has 0 saturated carbocycles. The molecule has 3 aliphatic rings. The third kappa shape index (κ3) is 4.46. The van der Waals surface area contributed by atoms with Crippen LogP contribution < -0.4 is 5.32 Å². The van der Waals surface area contributed by atoms with E-state index in [1.807, 2.05) is 35.1 Å². The van der Waals surface area contributed by atoms with E-state index in [-0.39, 0.29) is 24.0 Å². The molecular weight excluding hydrogens is 371 g/mol. The second-order valence-electron chi connectivity index (χ2n) is 7.88. The molecule has 3 amide bonds. The largest absolute Gasteiger partial charge is 0.352 e. The lowest BCUT2D eigenvalue weighted by atomic mass is 9.94. The zero-order chi connectivity index (χ0) is 20.2. The molecule has 29 heavy (non-hydrogen) atoms. The molecule has 1 radical (unpaired) electrons. The molecule has 1 N–H and O–H groups in total. The molecule has 9 heteroatoms. The minimum atomic E-state index is -0.426. The molecule has 0 spiro atoms. The van der Waals surface area contributed by atoms with E-state index in [1.54, 1.807) is 12.3 Å². The van der Waals surface area contributed by atoms with Gasteiger partial charge in [0.2, 0.25) is 5.91 Å². The maximum atomic E-state index is 12.8. The Morgan fingerprint density at radius 2 is 2.07 bits per heavy atom. The van der Waals surface area contributed by atoms with E-state index in [9.17, 15) is 14.4 Å². The average molecular weight is 397 g/mol. The van der Waals surface area contributed by atoms with Crippen molar-refractivity contribution in [3.63, 3.8) is 0 Å². The average Bonchev–Trinajstić information content (AvgIpc) is 3.21. The molecule has 3 saturated heterocycles. The summed E-state index contributed by atoms with van der Waals surface area (Å²) in [5.41, 5.74) is 1.00. The van der Waals surface area contributed by atoms with E-state index in [4.69, 9.17) is 4.84 Å². The van der Waals surface area contributed by atoms with E-state index in [1.165, 1.54) is 5.06 Å². The first-order valence-electron chi connectivity index (χ1n) is 10.3. The van der Waals surface area contributed by atoms with Crippen molar-refractivity contribution in [1.29, 1.82) is 0 Å². The van der Waals surface area contributed by atoms with Gasteiger partial charge in [-0.1, -0.05) is 30.3 Å². The van der Waals surface area contributed by atoms with Gasteiger partial charge in [0, 0.05) is 19.0 Å². The molecule has 3 aliphatic heterocycles. The molecular formula is C20H26BN4O4. The Balaban J connectivity index is 1.28.